The summed E-state index contributed by atoms with van der Waals surface area (Å²) >= 11 is 31.7. The summed E-state index contributed by atoms with van der Waals surface area (Å²) in [6, 6.07) is 14.4. The number of fused-ring (bicyclic) bond motifs is 1. The van der Waals surface area contributed by atoms with Crippen molar-refractivity contribution < 1.29 is 28.5 Å². The summed E-state index contributed by atoms with van der Waals surface area (Å²) in [5.41, 5.74) is 2.81. The Morgan fingerprint density at radius 1 is 0.672 bits per heavy atom. The zero-order valence-corrected chi connectivity index (χ0v) is 38.0. The fourth-order valence-corrected chi connectivity index (χ4v) is 6.75. The van der Waals surface area contributed by atoms with E-state index in [0.717, 1.165) is 5.39 Å². The summed E-state index contributed by atoms with van der Waals surface area (Å²) < 4.78 is 21.6. The Bertz CT molecular complexity index is 2710. The maximum absolute atomic E-state index is 12.2. The fraction of sp³-hybridized carbons (Fsp3) is 0.186. The van der Waals surface area contributed by atoms with Crippen molar-refractivity contribution in [2.75, 3.05) is 31.5 Å². The van der Waals surface area contributed by atoms with Gasteiger partial charge in [0.05, 0.1) is 38.3 Å². The molecule has 0 aliphatic rings. The minimum absolute atomic E-state index is 0.277. The second kappa shape index (κ2) is 22.4. The average molecular weight is 967 g/mol. The van der Waals surface area contributed by atoms with Gasteiger partial charge in [-0.1, -0.05) is 76.2 Å². The molecule has 2 aromatic carbocycles. The smallest absolute Gasteiger partial charge is 0.455 e. The minimum Gasteiger partial charge on any atom is -0.455 e. The van der Waals surface area contributed by atoms with Gasteiger partial charge in [0.1, 0.15) is 11.3 Å². The second-order valence-electron chi connectivity index (χ2n) is 13.7. The SMILES string of the molecule is CC(C)OC(=O)OCOc1c(C(Nc2ncccn2)c2cncc(Cl)c2Cl)ccc2cccnc12.CN(C)C(=O)Oc1ccc(Cl)cc1C(Nc1ncccn1)c1cncc(Cl)c1Cl. The van der Waals surface area contributed by atoms with Crippen LogP contribution in [0.5, 0.6) is 11.5 Å². The van der Waals surface area contributed by atoms with E-state index in [1.807, 2.05) is 24.3 Å². The van der Waals surface area contributed by atoms with Crippen LogP contribution in [0.1, 0.15) is 48.2 Å². The van der Waals surface area contributed by atoms with Crippen molar-refractivity contribution in [1.29, 1.82) is 0 Å². The monoisotopic (exact) mass is 964 g/mol. The van der Waals surface area contributed by atoms with E-state index in [0.29, 0.717) is 60.5 Å². The molecular formula is C43H37Cl5N10O6. The van der Waals surface area contributed by atoms with Gasteiger partial charge in [-0.2, -0.15) is 0 Å². The van der Waals surface area contributed by atoms with Crippen LogP contribution in [-0.4, -0.2) is 79.0 Å². The molecule has 5 aromatic heterocycles. The summed E-state index contributed by atoms with van der Waals surface area (Å²) in [7, 11) is 3.17. The van der Waals surface area contributed by atoms with Gasteiger partial charge in [-0.15, -0.1) is 0 Å². The molecule has 16 nitrogen and oxygen atoms in total. The Kier molecular flexibility index (Phi) is 16.5. The third kappa shape index (κ3) is 12.2. The number of anilines is 2. The van der Waals surface area contributed by atoms with Crippen LogP contribution in [0.4, 0.5) is 21.5 Å². The van der Waals surface area contributed by atoms with Crippen molar-refractivity contribution in [2.24, 2.45) is 0 Å². The molecule has 0 saturated carbocycles. The van der Waals surface area contributed by atoms with Crippen molar-refractivity contribution in [3.63, 3.8) is 0 Å². The summed E-state index contributed by atoms with van der Waals surface area (Å²) in [6.45, 7) is 3.05. The third-order valence-electron chi connectivity index (χ3n) is 8.66. The summed E-state index contributed by atoms with van der Waals surface area (Å²) in [6.07, 6.45) is 12.4. The Morgan fingerprint density at radius 2 is 1.23 bits per heavy atom. The maximum atomic E-state index is 12.2. The van der Waals surface area contributed by atoms with E-state index in [1.165, 1.54) is 17.3 Å². The van der Waals surface area contributed by atoms with Crippen molar-refractivity contribution in [1.82, 2.24) is 39.8 Å². The molecule has 64 heavy (non-hydrogen) atoms. The number of hydrogen-bond acceptors (Lipinski definition) is 15. The van der Waals surface area contributed by atoms with E-state index < -0.39 is 31.1 Å². The third-order valence-corrected chi connectivity index (χ3v) is 10.5. The first-order chi connectivity index (χ1) is 30.8. The maximum Gasteiger partial charge on any atom is 0.511 e. The second-order valence-corrected chi connectivity index (χ2v) is 15.7. The molecular weight excluding hydrogens is 930 g/mol. The van der Waals surface area contributed by atoms with Gasteiger partial charge in [-0.25, -0.2) is 29.5 Å². The van der Waals surface area contributed by atoms with Gasteiger partial charge in [-0.3, -0.25) is 15.0 Å². The van der Waals surface area contributed by atoms with Crippen LogP contribution in [0, 0.1) is 0 Å². The zero-order valence-electron chi connectivity index (χ0n) is 34.2. The molecule has 0 bridgehead atoms. The molecule has 0 radical (unpaired) electrons. The number of ether oxygens (including phenoxy) is 4. The molecule has 0 fully saturated rings. The van der Waals surface area contributed by atoms with E-state index >= 15 is 0 Å². The van der Waals surface area contributed by atoms with E-state index in [2.05, 4.69) is 45.5 Å². The quantitative estimate of drug-likeness (QED) is 0.0819. The highest BCUT2D eigenvalue weighted by Gasteiger charge is 2.27. The Morgan fingerprint density at radius 3 is 1.80 bits per heavy atom. The van der Waals surface area contributed by atoms with Crippen LogP contribution in [0.2, 0.25) is 25.1 Å². The lowest BCUT2D eigenvalue weighted by Crippen LogP contribution is -2.26. The highest BCUT2D eigenvalue weighted by atomic mass is 35.5. The summed E-state index contributed by atoms with van der Waals surface area (Å²) in [5, 5.41) is 8.86. The van der Waals surface area contributed by atoms with E-state index in [1.54, 1.807) is 102 Å². The lowest BCUT2D eigenvalue weighted by molar-refractivity contribution is -0.00808. The van der Waals surface area contributed by atoms with E-state index in [4.69, 9.17) is 77.0 Å². The Balaban J connectivity index is 0.000000216. The number of carbonyl (C=O) groups excluding carboxylic acids is 2. The number of nitrogens with one attached hydrogen (secondary N) is 2. The van der Waals surface area contributed by atoms with Gasteiger partial charge >= 0.3 is 12.2 Å². The molecule has 5 heterocycles. The topological polar surface area (TPSA) is 189 Å². The fourth-order valence-electron chi connectivity index (χ4n) is 5.82. The number of nitrogens with zero attached hydrogens (tertiary/aromatic N) is 8. The number of halogens is 5. The van der Waals surface area contributed by atoms with Crippen molar-refractivity contribution in [3.8, 4) is 11.5 Å². The van der Waals surface area contributed by atoms with Gasteiger partial charge in [0.15, 0.2) is 5.75 Å². The van der Waals surface area contributed by atoms with E-state index in [-0.39, 0.29) is 21.9 Å². The minimum atomic E-state index is -0.843. The zero-order chi connectivity index (χ0) is 45.8. The van der Waals surface area contributed by atoms with Crippen molar-refractivity contribution >= 4 is 93.1 Å². The van der Waals surface area contributed by atoms with Crippen LogP contribution in [-0.2, 0) is 9.47 Å². The van der Waals surface area contributed by atoms with Gasteiger partial charge in [-0.05, 0) is 50.2 Å². The molecule has 21 heteroatoms. The molecule has 7 rings (SSSR count). The van der Waals surface area contributed by atoms with E-state index in [9.17, 15) is 9.59 Å². The van der Waals surface area contributed by atoms with Gasteiger partial charge in [0, 0.05) is 103 Å². The first-order valence-corrected chi connectivity index (χ1v) is 20.9. The number of rotatable bonds is 13. The molecule has 2 unspecified atom stereocenters. The number of pyridine rings is 3. The summed E-state index contributed by atoms with van der Waals surface area (Å²) in [5.74, 6) is 1.33. The average Bonchev–Trinajstić information content (AvgIpc) is 3.28. The van der Waals surface area contributed by atoms with Gasteiger partial charge < -0.3 is 34.5 Å². The van der Waals surface area contributed by atoms with Crippen molar-refractivity contribution in [2.45, 2.75) is 32.0 Å². The van der Waals surface area contributed by atoms with Crippen LogP contribution in [0.15, 0.2) is 110 Å². The van der Waals surface area contributed by atoms with Crippen LogP contribution < -0.4 is 20.1 Å². The lowest BCUT2D eigenvalue weighted by atomic mass is 9.97. The normalized spacial score (nSPS) is 11.7. The molecule has 0 aliphatic heterocycles. The van der Waals surface area contributed by atoms with Crippen LogP contribution in [0.25, 0.3) is 10.9 Å². The molecule has 0 spiro atoms. The number of benzene rings is 2. The van der Waals surface area contributed by atoms with Gasteiger partial charge in [0.2, 0.25) is 18.7 Å². The first kappa shape index (κ1) is 47.2. The standard InChI is InChI=1S/C24H21Cl2N5O4.C19H16Cl3N5O2/c1-14(2)35-24(32)34-13-33-22-16(7-6-15-5-3-8-28-20(15)22)21(31-23-29-9-4-10-30-23)17-11-27-12-18(25)19(17)26;1-27(2)19(28)29-15-5-4-11(20)8-12(15)17(26-18-24-6-3-7-25-18)13-9-23-10-14(21)16(13)22/h3-12,14,21H,13H2,1-2H3,(H,29,30,31);3-10,17H,1-2H3,(H,24,25,26). The molecule has 7 aromatic rings. The predicted molar refractivity (Wildman–Crippen MR) is 245 cm³/mol. The van der Waals surface area contributed by atoms with Gasteiger partial charge in [0.25, 0.3) is 0 Å². The Labute approximate surface area is 392 Å². The van der Waals surface area contributed by atoms with Crippen LogP contribution in [0.3, 0.4) is 0 Å². The molecule has 2 atom stereocenters. The summed E-state index contributed by atoms with van der Waals surface area (Å²) in [4.78, 5) is 55.1. The lowest BCUT2D eigenvalue weighted by Gasteiger charge is -2.24. The van der Waals surface area contributed by atoms with Crippen molar-refractivity contribution in [3.05, 3.63) is 158 Å². The van der Waals surface area contributed by atoms with Crippen LogP contribution >= 0.6 is 58.0 Å². The molecule has 0 saturated heterocycles. The number of carbonyl (C=O) groups is 2. The Hall–Kier alpha value is -6.30. The number of aromatic nitrogens is 7. The predicted octanol–water partition coefficient (Wildman–Crippen LogP) is 10.9. The first-order valence-electron chi connectivity index (χ1n) is 19.0. The largest absolute Gasteiger partial charge is 0.511 e. The molecule has 1 amide bonds. The highest BCUT2D eigenvalue weighted by molar-refractivity contribution is 6.43. The number of hydrogen-bond donors (Lipinski definition) is 2. The number of amides is 1. The molecule has 2 N–H and O–H groups in total. The molecule has 330 valence electrons. The highest BCUT2D eigenvalue weighted by Crippen LogP contribution is 2.41. The molecule has 0 aliphatic carbocycles.